The summed E-state index contributed by atoms with van der Waals surface area (Å²) in [5, 5.41) is 2.64. The molecule has 1 saturated carbocycles. The highest BCUT2D eigenvalue weighted by molar-refractivity contribution is 5.91. The van der Waals surface area contributed by atoms with Crippen LogP contribution in [0.5, 0.6) is 0 Å². The number of carbonyl (C=O) groups is 2. The van der Waals surface area contributed by atoms with Crippen LogP contribution in [0.4, 0.5) is 0 Å². The van der Waals surface area contributed by atoms with E-state index in [0.29, 0.717) is 13.3 Å². The topological polar surface area (TPSA) is 58.6 Å². The molecule has 2 rings (SSSR count). The number of rotatable bonds is 3. The lowest BCUT2D eigenvalue weighted by Gasteiger charge is -2.41. The van der Waals surface area contributed by atoms with E-state index in [2.05, 4.69) is 5.32 Å². The van der Waals surface area contributed by atoms with Crippen molar-refractivity contribution in [1.29, 1.82) is 0 Å². The molecule has 0 bridgehead atoms. The van der Waals surface area contributed by atoms with Crippen LogP contribution in [0, 0.1) is 5.41 Å². The number of amides is 2. The van der Waals surface area contributed by atoms with E-state index in [9.17, 15) is 9.59 Å². The summed E-state index contributed by atoms with van der Waals surface area (Å²) in [5.41, 5.74) is -0.346. The molecule has 2 fully saturated rings. The van der Waals surface area contributed by atoms with Crippen LogP contribution in [-0.2, 0) is 14.3 Å². The predicted octanol–water partition coefficient (Wildman–Crippen LogP) is -0.281. The Morgan fingerprint density at radius 2 is 2.33 bits per heavy atom. The molecule has 1 aliphatic carbocycles. The smallest absolute Gasteiger partial charge is 0.241 e. The lowest BCUT2D eigenvalue weighted by molar-refractivity contribution is -0.151. The highest BCUT2D eigenvalue weighted by atomic mass is 16.5. The van der Waals surface area contributed by atoms with Crippen LogP contribution in [0.1, 0.15) is 19.3 Å². The molecule has 5 nitrogen and oxygen atoms in total. The molecule has 0 radical (unpaired) electrons. The normalized spacial score (nSPS) is 23.5. The summed E-state index contributed by atoms with van der Waals surface area (Å²) in [5.74, 6) is -0.0100. The second-order valence-corrected chi connectivity index (χ2v) is 4.33. The lowest BCUT2D eigenvalue weighted by atomic mass is 9.68. The van der Waals surface area contributed by atoms with E-state index in [1.807, 2.05) is 0 Å². The average Bonchev–Trinajstić information content (AvgIpc) is 2.57. The zero-order valence-corrected chi connectivity index (χ0v) is 8.91. The number of hydrogen-bond acceptors (Lipinski definition) is 3. The molecule has 0 aromatic carbocycles. The Labute approximate surface area is 88.8 Å². The van der Waals surface area contributed by atoms with Gasteiger partial charge in [-0.25, -0.2) is 0 Å². The Morgan fingerprint density at radius 1 is 1.60 bits per heavy atom. The molecule has 2 aliphatic rings. The first-order valence-electron chi connectivity index (χ1n) is 5.23. The maximum Gasteiger partial charge on any atom is 0.241 e. The van der Waals surface area contributed by atoms with Gasteiger partial charge in [0.25, 0.3) is 0 Å². The van der Waals surface area contributed by atoms with Gasteiger partial charge in [-0.05, 0) is 12.8 Å². The summed E-state index contributed by atoms with van der Waals surface area (Å²) in [6.07, 6.45) is 2.83. The van der Waals surface area contributed by atoms with Crippen molar-refractivity contribution in [3.63, 3.8) is 0 Å². The van der Waals surface area contributed by atoms with E-state index in [4.69, 9.17) is 4.74 Å². The predicted molar refractivity (Wildman–Crippen MR) is 52.9 cm³/mol. The molecule has 0 aromatic heterocycles. The van der Waals surface area contributed by atoms with Gasteiger partial charge in [0.15, 0.2) is 0 Å². The summed E-state index contributed by atoms with van der Waals surface area (Å²) in [7, 11) is 1.61. The van der Waals surface area contributed by atoms with Crippen LogP contribution >= 0.6 is 0 Å². The molecule has 1 aliphatic heterocycles. The van der Waals surface area contributed by atoms with Gasteiger partial charge in [-0.15, -0.1) is 0 Å². The third-order valence-electron chi connectivity index (χ3n) is 3.27. The Morgan fingerprint density at radius 3 is 2.73 bits per heavy atom. The summed E-state index contributed by atoms with van der Waals surface area (Å²) < 4.78 is 5.10. The van der Waals surface area contributed by atoms with Gasteiger partial charge in [-0.2, -0.15) is 0 Å². The first-order valence-corrected chi connectivity index (χ1v) is 5.23. The summed E-state index contributed by atoms with van der Waals surface area (Å²) in [4.78, 5) is 24.7. The minimum absolute atomic E-state index is 0.0638. The van der Waals surface area contributed by atoms with Crippen LogP contribution in [0.3, 0.4) is 0 Å². The van der Waals surface area contributed by atoms with E-state index in [0.717, 1.165) is 19.3 Å². The fourth-order valence-electron chi connectivity index (χ4n) is 2.25. The second kappa shape index (κ2) is 3.81. The van der Waals surface area contributed by atoms with E-state index in [1.165, 1.54) is 0 Å². The van der Waals surface area contributed by atoms with Crippen LogP contribution in [-0.4, -0.2) is 43.6 Å². The quantitative estimate of drug-likeness (QED) is 0.700. The summed E-state index contributed by atoms with van der Waals surface area (Å²) in [6, 6.07) is 0. The Kier molecular flexibility index (Phi) is 2.65. The third kappa shape index (κ3) is 1.71. The molecular formula is C10H16N2O3. The molecule has 1 heterocycles. The van der Waals surface area contributed by atoms with E-state index in [-0.39, 0.29) is 23.8 Å². The number of nitrogens with one attached hydrogen (secondary N) is 1. The molecule has 2 amide bonds. The maximum absolute atomic E-state index is 12.1. The van der Waals surface area contributed by atoms with Crippen molar-refractivity contribution in [3.8, 4) is 0 Å². The zero-order chi connectivity index (χ0) is 10.9. The fraction of sp³-hybridized carbons (Fsp3) is 0.800. The molecule has 1 N–H and O–H groups in total. The van der Waals surface area contributed by atoms with Crippen molar-refractivity contribution in [2.45, 2.75) is 19.3 Å². The molecule has 84 valence electrons. The first kappa shape index (κ1) is 10.4. The van der Waals surface area contributed by atoms with Crippen molar-refractivity contribution in [2.24, 2.45) is 5.41 Å². The molecule has 0 aromatic rings. The van der Waals surface area contributed by atoms with Crippen molar-refractivity contribution in [3.05, 3.63) is 0 Å². The largest absolute Gasteiger partial charge is 0.384 e. The summed E-state index contributed by atoms with van der Waals surface area (Å²) >= 11 is 0. The minimum Gasteiger partial charge on any atom is -0.384 e. The van der Waals surface area contributed by atoms with Crippen molar-refractivity contribution in [2.75, 3.05) is 26.9 Å². The minimum atomic E-state index is -0.346. The SMILES string of the molecule is COCC1(C(=O)N2CNC(=O)C2)CCC1. The zero-order valence-electron chi connectivity index (χ0n) is 8.91. The molecule has 1 saturated heterocycles. The maximum atomic E-state index is 12.1. The third-order valence-corrected chi connectivity index (χ3v) is 3.27. The van der Waals surface area contributed by atoms with Crippen LogP contribution < -0.4 is 5.32 Å². The molecule has 0 atom stereocenters. The van der Waals surface area contributed by atoms with Crippen molar-refractivity contribution in [1.82, 2.24) is 10.2 Å². The Hall–Kier alpha value is -1.10. The van der Waals surface area contributed by atoms with Gasteiger partial charge in [0.1, 0.15) is 6.54 Å². The van der Waals surface area contributed by atoms with Crippen LogP contribution in [0.15, 0.2) is 0 Å². The van der Waals surface area contributed by atoms with E-state index >= 15 is 0 Å². The molecule has 5 heteroatoms. The number of hydrogen-bond donors (Lipinski definition) is 1. The van der Waals surface area contributed by atoms with Gasteiger partial charge in [-0.3, -0.25) is 9.59 Å². The van der Waals surface area contributed by atoms with Gasteiger partial charge in [0.2, 0.25) is 11.8 Å². The Bertz CT molecular complexity index is 286. The van der Waals surface area contributed by atoms with E-state index in [1.54, 1.807) is 12.0 Å². The van der Waals surface area contributed by atoms with Gasteiger partial charge >= 0.3 is 0 Å². The monoisotopic (exact) mass is 212 g/mol. The molecule has 0 spiro atoms. The molecule has 15 heavy (non-hydrogen) atoms. The van der Waals surface area contributed by atoms with E-state index < -0.39 is 0 Å². The van der Waals surface area contributed by atoms with Crippen molar-refractivity contribution < 1.29 is 14.3 Å². The van der Waals surface area contributed by atoms with Crippen LogP contribution in [0.2, 0.25) is 0 Å². The average molecular weight is 212 g/mol. The molecular weight excluding hydrogens is 196 g/mol. The second-order valence-electron chi connectivity index (χ2n) is 4.33. The van der Waals surface area contributed by atoms with Gasteiger partial charge in [0, 0.05) is 7.11 Å². The highest BCUT2D eigenvalue weighted by Crippen LogP contribution is 2.42. The lowest BCUT2D eigenvalue weighted by Crippen LogP contribution is -2.50. The van der Waals surface area contributed by atoms with Crippen LogP contribution in [0.25, 0.3) is 0 Å². The van der Waals surface area contributed by atoms with Crippen molar-refractivity contribution >= 4 is 11.8 Å². The number of nitrogens with zero attached hydrogens (tertiary/aromatic N) is 1. The standard InChI is InChI=1S/C10H16N2O3/c1-15-6-10(3-2-4-10)9(14)12-5-8(13)11-7-12/h2-7H2,1H3,(H,11,13). The van der Waals surface area contributed by atoms with Gasteiger partial charge in [-0.1, -0.05) is 6.42 Å². The molecule has 0 unspecified atom stereocenters. The fourth-order valence-corrected chi connectivity index (χ4v) is 2.25. The highest BCUT2D eigenvalue weighted by Gasteiger charge is 2.47. The Balaban J connectivity index is 2.02. The number of methoxy groups -OCH3 is 1. The van der Waals surface area contributed by atoms with Gasteiger partial charge < -0.3 is 15.0 Å². The number of carbonyl (C=O) groups excluding carboxylic acids is 2. The first-order chi connectivity index (χ1) is 7.18. The summed E-state index contributed by atoms with van der Waals surface area (Å²) in [6.45, 7) is 1.02. The van der Waals surface area contributed by atoms with Gasteiger partial charge in [0.05, 0.1) is 18.7 Å². The number of ether oxygens (including phenoxy) is 1.